The molecular formula is C13H16ClNO3. The number of halogens is 1. The Bertz CT molecular complexity index is 438. The third-order valence-corrected chi connectivity index (χ3v) is 3.67. The van der Waals surface area contributed by atoms with Gasteiger partial charge in [0.15, 0.2) is 0 Å². The van der Waals surface area contributed by atoms with Crippen molar-refractivity contribution in [2.24, 2.45) is 0 Å². The molecule has 1 amide bonds. The monoisotopic (exact) mass is 269 g/mol. The van der Waals surface area contributed by atoms with Crippen LogP contribution in [0.2, 0.25) is 5.02 Å². The van der Waals surface area contributed by atoms with Gasteiger partial charge in [-0.15, -0.1) is 0 Å². The van der Waals surface area contributed by atoms with Crippen molar-refractivity contribution >= 4 is 17.5 Å². The molecule has 0 radical (unpaired) electrons. The summed E-state index contributed by atoms with van der Waals surface area (Å²) in [6.45, 7) is 0.0389. The minimum Gasteiger partial charge on any atom is -0.394 e. The van der Waals surface area contributed by atoms with Crippen LogP contribution in [0.25, 0.3) is 0 Å². The van der Waals surface area contributed by atoms with Gasteiger partial charge in [0.1, 0.15) is 0 Å². The molecule has 0 aromatic heterocycles. The minimum atomic E-state index is -0.890. The van der Waals surface area contributed by atoms with Crippen molar-refractivity contribution in [3.63, 3.8) is 0 Å². The quantitative estimate of drug-likeness (QED) is 0.863. The molecule has 2 atom stereocenters. The van der Waals surface area contributed by atoms with Crippen molar-refractivity contribution in [1.29, 1.82) is 0 Å². The van der Waals surface area contributed by atoms with Crippen LogP contribution < -0.4 is 0 Å². The van der Waals surface area contributed by atoms with Gasteiger partial charge >= 0.3 is 0 Å². The SMILES string of the molecule is O=C1CC[C@H]([C@@H](O)CO)N1Cc1ccccc1Cl. The van der Waals surface area contributed by atoms with Gasteiger partial charge in [0, 0.05) is 18.0 Å². The molecule has 1 aliphatic heterocycles. The first-order valence-corrected chi connectivity index (χ1v) is 6.33. The first kappa shape index (κ1) is 13.3. The predicted molar refractivity (Wildman–Crippen MR) is 68.1 cm³/mol. The fourth-order valence-electron chi connectivity index (χ4n) is 2.29. The molecule has 1 aliphatic rings. The summed E-state index contributed by atoms with van der Waals surface area (Å²) in [7, 11) is 0. The summed E-state index contributed by atoms with van der Waals surface area (Å²) in [6, 6.07) is 7.00. The zero-order valence-electron chi connectivity index (χ0n) is 9.92. The van der Waals surface area contributed by atoms with Gasteiger partial charge in [0.25, 0.3) is 0 Å². The van der Waals surface area contributed by atoms with Crippen LogP contribution in [0.5, 0.6) is 0 Å². The number of nitrogens with zero attached hydrogens (tertiary/aromatic N) is 1. The molecule has 0 saturated carbocycles. The molecule has 0 bridgehead atoms. The number of aliphatic hydroxyl groups excluding tert-OH is 2. The van der Waals surface area contributed by atoms with E-state index in [0.29, 0.717) is 24.4 Å². The number of hydrogen-bond donors (Lipinski definition) is 2. The molecule has 1 fully saturated rings. The van der Waals surface area contributed by atoms with E-state index >= 15 is 0 Å². The number of amides is 1. The highest BCUT2D eigenvalue weighted by atomic mass is 35.5. The molecule has 0 spiro atoms. The Labute approximate surface area is 111 Å². The Morgan fingerprint density at radius 1 is 1.44 bits per heavy atom. The highest BCUT2D eigenvalue weighted by Crippen LogP contribution is 2.26. The van der Waals surface area contributed by atoms with E-state index in [1.165, 1.54) is 0 Å². The average molecular weight is 270 g/mol. The van der Waals surface area contributed by atoms with Crippen molar-refractivity contribution in [3.05, 3.63) is 34.9 Å². The number of hydrogen-bond acceptors (Lipinski definition) is 3. The molecule has 2 rings (SSSR count). The molecule has 98 valence electrons. The van der Waals surface area contributed by atoms with Gasteiger partial charge in [0.05, 0.1) is 18.8 Å². The number of likely N-dealkylation sites (tertiary alicyclic amines) is 1. The van der Waals surface area contributed by atoms with Gasteiger partial charge in [-0.3, -0.25) is 4.79 Å². The van der Waals surface area contributed by atoms with Crippen LogP contribution in [0, 0.1) is 0 Å². The maximum absolute atomic E-state index is 11.8. The standard InChI is InChI=1S/C13H16ClNO3/c14-10-4-2-1-3-9(10)7-15-11(12(17)8-16)5-6-13(15)18/h1-4,11-12,16-17H,5-8H2/t11-,12+/m1/s1. The lowest BCUT2D eigenvalue weighted by atomic mass is 10.1. The summed E-state index contributed by atoms with van der Waals surface area (Å²) in [6.07, 6.45) is 0.0935. The maximum Gasteiger partial charge on any atom is 0.223 e. The summed E-state index contributed by atoms with van der Waals surface area (Å²) >= 11 is 6.06. The van der Waals surface area contributed by atoms with Gasteiger partial charge in [-0.05, 0) is 18.1 Å². The lowest BCUT2D eigenvalue weighted by Crippen LogP contribution is -2.42. The Morgan fingerprint density at radius 2 is 2.17 bits per heavy atom. The molecule has 1 aromatic carbocycles. The number of aliphatic hydroxyl groups is 2. The lowest BCUT2D eigenvalue weighted by Gasteiger charge is -2.28. The smallest absolute Gasteiger partial charge is 0.223 e. The fourth-order valence-corrected chi connectivity index (χ4v) is 2.49. The first-order valence-electron chi connectivity index (χ1n) is 5.95. The highest BCUT2D eigenvalue weighted by molar-refractivity contribution is 6.31. The predicted octanol–water partition coefficient (Wildman–Crippen LogP) is 1.18. The van der Waals surface area contributed by atoms with Crippen LogP contribution in [0.4, 0.5) is 0 Å². The molecule has 1 aromatic rings. The molecule has 4 nitrogen and oxygen atoms in total. The van der Waals surface area contributed by atoms with E-state index in [9.17, 15) is 9.90 Å². The normalized spacial score (nSPS) is 21.4. The average Bonchev–Trinajstić information content (AvgIpc) is 2.73. The van der Waals surface area contributed by atoms with E-state index in [-0.39, 0.29) is 18.6 Å². The first-order chi connectivity index (χ1) is 8.63. The van der Waals surface area contributed by atoms with Gasteiger partial charge < -0.3 is 15.1 Å². The summed E-state index contributed by atoms with van der Waals surface area (Å²) < 4.78 is 0. The third-order valence-electron chi connectivity index (χ3n) is 3.30. The Balaban J connectivity index is 2.15. The fraction of sp³-hybridized carbons (Fsp3) is 0.462. The van der Waals surface area contributed by atoms with E-state index in [1.54, 1.807) is 11.0 Å². The van der Waals surface area contributed by atoms with Gasteiger partial charge in [-0.2, -0.15) is 0 Å². The van der Waals surface area contributed by atoms with Crippen LogP contribution >= 0.6 is 11.6 Å². The van der Waals surface area contributed by atoms with E-state index < -0.39 is 6.10 Å². The largest absolute Gasteiger partial charge is 0.394 e. The molecule has 0 unspecified atom stereocenters. The molecular weight excluding hydrogens is 254 g/mol. The van der Waals surface area contributed by atoms with Crippen LogP contribution in [0.1, 0.15) is 18.4 Å². The van der Waals surface area contributed by atoms with Crippen molar-refractivity contribution in [2.75, 3.05) is 6.61 Å². The van der Waals surface area contributed by atoms with Crippen molar-refractivity contribution in [3.8, 4) is 0 Å². The van der Waals surface area contributed by atoms with E-state index in [2.05, 4.69) is 0 Å². The topological polar surface area (TPSA) is 60.8 Å². The number of carbonyl (C=O) groups is 1. The van der Waals surface area contributed by atoms with E-state index in [4.69, 9.17) is 16.7 Å². The number of benzene rings is 1. The Morgan fingerprint density at radius 3 is 2.83 bits per heavy atom. The third kappa shape index (κ3) is 2.66. The second-order valence-electron chi connectivity index (χ2n) is 4.47. The van der Waals surface area contributed by atoms with Crippen LogP contribution in [-0.2, 0) is 11.3 Å². The number of carbonyl (C=O) groups excluding carboxylic acids is 1. The molecule has 0 aliphatic carbocycles. The van der Waals surface area contributed by atoms with E-state index in [0.717, 1.165) is 5.56 Å². The molecule has 5 heteroatoms. The zero-order valence-corrected chi connectivity index (χ0v) is 10.7. The number of rotatable bonds is 4. The van der Waals surface area contributed by atoms with Gasteiger partial charge in [-0.1, -0.05) is 29.8 Å². The second kappa shape index (κ2) is 5.69. The summed E-state index contributed by atoms with van der Waals surface area (Å²) in [5.41, 5.74) is 0.851. The maximum atomic E-state index is 11.8. The molecule has 18 heavy (non-hydrogen) atoms. The van der Waals surface area contributed by atoms with E-state index in [1.807, 2.05) is 18.2 Å². The summed E-state index contributed by atoms with van der Waals surface area (Å²) in [5, 5.41) is 19.3. The van der Waals surface area contributed by atoms with Crippen molar-refractivity contribution in [2.45, 2.75) is 31.5 Å². The second-order valence-corrected chi connectivity index (χ2v) is 4.88. The Hall–Kier alpha value is -1.10. The zero-order chi connectivity index (χ0) is 13.1. The van der Waals surface area contributed by atoms with Crippen LogP contribution in [0.15, 0.2) is 24.3 Å². The Kier molecular flexibility index (Phi) is 4.22. The molecule has 2 N–H and O–H groups in total. The van der Waals surface area contributed by atoms with Crippen LogP contribution in [0.3, 0.4) is 0 Å². The summed E-state index contributed by atoms with van der Waals surface area (Å²) in [4.78, 5) is 13.4. The lowest BCUT2D eigenvalue weighted by molar-refractivity contribution is -0.131. The highest BCUT2D eigenvalue weighted by Gasteiger charge is 2.35. The van der Waals surface area contributed by atoms with Crippen molar-refractivity contribution in [1.82, 2.24) is 4.90 Å². The van der Waals surface area contributed by atoms with Crippen LogP contribution in [-0.4, -0.2) is 39.8 Å². The molecule has 1 saturated heterocycles. The minimum absolute atomic E-state index is 0.00702. The molecule has 1 heterocycles. The van der Waals surface area contributed by atoms with Crippen molar-refractivity contribution < 1.29 is 15.0 Å². The summed E-state index contributed by atoms with van der Waals surface area (Å²) in [5.74, 6) is -0.00702. The van der Waals surface area contributed by atoms with Gasteiger partial charge in [-0.25, -0.2) is 0 Å². The van der Waals surface area contributed by atoms with Gasteiger partial charge in [0.2, 0.25) is 5.91 Å².